The second-order valence-corrected chi connectivity index (χ2v) is 4.77. The van der Waals surface area contributed by atoms with Crippen molar-refractivity contribution in [3.63, 3.8) is 0 Å². The number of nitrogens with one attached hydrogen (secondary N) is 2. The van der Waals surface area contributed by atoms with Crippen LogP contribution in [0.2, 0.25) is 0 Å². The van der Waals surface area contributed by atoms with E-state index in [1.54, 1.807) is 7.11 Å². The summed E-state index contributed by atoms with van der Waals surface area (Å²) in [6.07, 6.45) is 0.967. The van der Waals surface area contributed by atoms with Gasteiger partial charge in [-0.2, -0.15) is 4.98 Å². The molecule has 0 fully saturated rings. The lowest BCUT2D eigenvalue weighted by Gasteiger charge is -2.11. The fourth-order valence-electron chi connectivity index (χ4n) is 1.47. The van der Waals surface area contributed by atoms with Crippen LogP contribution in [-0.4, -0.2) is 36.8 Å². The maximum Gasteiger partial charge on any atom is 0.224 e. The maximum atomic E-state index is 5.01. The van der Waals surface area contributed by atoms with Crippen molar-refractivity contribution >= 4 is 11.8 Å². The average Bonchev–Trinajstić information content (AvgIpc) is 2.32. The van der Waals surface area contributed by atoms with Crippen LogP contribution in [0, 0.1) is 12.8 Å². The Kier molecular flexibility index (Phi) is 6.43. The molecule has 0 atom stereocenters. The number of aromatic nitrogens is 2. The van der Waals surface area contributed by atoms with Gasteiger partial charge in [0, 0.05) is 38.6 Å². The first-order chi connectivity index (χ1) is 8.61. The van der Waals surface area contributed by atoms with Gasteiger partial charge in [-0.1, -0.05) is 13.8 Å². The number of hydrogen-bond donors (Lipinski definition) is 2. The first-order valence-corrected chi connectivity index (χ1v) is 6.44. The molecular weight excluding hydrogens is 228 g/mol. The lowest BCUT2D eigenvalue weighted by atomic mass is 10.2. The third-order valence-corrected chi connectivity index (χ3v) is 2.35. The van der Waals surface area contributed by atoms with Gasteiger partial charge in [-0.05, 0) is 19.3 Å². The monoisotopic (exact) mass is 252 g/mol. The number of anilines is 2. The average molecular weight is 252 g/mol. The van der Waals surface area contributed by atoms with Gasteiger partial charge < -0.3 is 15.4 Å². The van der Waals surface area contributed by atoms with Crippen LogP contribution in [0.1, 0.15) is 26.0 Å². The summed E-state index contributed by atoms with van der Waals surface area (Å²) in [5.74, 6) is 2.13. The van der Waals surface area contributed by atoms with Gasteiger partial charge in [0.25, 0.3) is 0 Å². The summed E-state index contributed by atoms with van der Waals surface area (Å²) in [6.45, 7) is 8.79. The standard InChI is InChI=1S/C13H24N4O/c1-10(2)9-15-13-16-11(3)8-12(17-13)14-6-5-7-18-4/h8,10H,5-7,9H2,1-4H3,(H2,14,15,16,17). The molecule has 0 amide bonds. The quantitative estimate of drug-likeness (QED) is 0.695. The van der Waals surface area contributed by atoms with Gasteiger partial charge >= 0.3 is 0 Å². The fraction of sp³-hybridized carbons (Fsp3) is 0.692. The molecule has 0 bridgehead atoms. The van der Waals surface area contributed by atoms with E-state index in [9.17, 15) is 0 Å². The lowest BCUT2D eigenvalue weighted by molar-refractivity contribution is 0.198. The normalized spacial score (nSPS) is 10.7. The largest absolute Gasteiger partial charge is 0.385 e. The zero-order valence-corrected chi connectivity index (χ0v) is 11.8. The van der Waals surface area contributed by atoms with Gasteiger partial charge in [0.2, 0.25) is 5.95 Å². The first kappa shape index (κ1) is 14.7. The Labute approximate surface area is 109 Å². The third-order valence-electron chi connectivity index (χ3n) is 2.35. The number of rotatable bonds is 8. The summed E-state index contributed by atoms with van der Waals surface area (Å²) < 4.78 is 5.01. The molecule has 0 aliphatic heterocycles. The Hall–Kier alpha value is -1.36. The number of hydrogen-bond acceptors (Lipinski definition) is 5. The molecule has 0 saturated carbocycles. The molecule has 102 valence electrons. The van der Waals surface area contributed by atoms with E-state index in [0.29, 0.717) is 11.9 Å². The van der Waals surface area contributed by atoms with Crippen LogP contribution in [0.3, 0.4) is 0 Å². The summed E-state index contributed by atoms with van der Waals surface area (Å²) in [4.78, 5) is 8.79. The van der Waals surface area contributed by atoms with E-state index < -0.39 is 0 Å². The highest BCUT2D eigenvalue weighted by atomic mass is 16.5. The van der Waals surface area contributed by atoms with Crippen molar-refractivity contribution in [1.82, 2.24) is 9.97 Å². The molecule has 1 aromatic rings. The molecule has 0 radical (unpaired) electrons. The molecule has 0 saturated heterocycles. The van der Waals surface area contributed by atoms with E-state index in [1.165, 1.54) is 0 Å². The number of aryl methyl sites for hydroxylation is 1. The van der Waals surface area contributed by atoms with Crippen molar-refractivity contribution in [3.8, 4) is 0 Å². The molecule has 18 heavy (non-hydrogen) atoms. The number of ether oxygens (including phenoxy) is 1. The van der Waals surface area contributed by atoms with Crippen LogP contribution >= 0.6 is 0 Å². The van der Waals surface area contributed by atoms with Crippen LogP contribution < -0.4 is 10.6 Å². The summed E-state index contributed by atoms with van der Waals surface area (Å²) >= 11 is 0. The molecule has 0 aromatic carbocycles. The van der Waals surface area contributed by atoms with E-state index in [0.717, 1.165) is 37.6 Å². The van der Waals surface area contributed by atoms with E-state index in [-0.39, 0.29) is 0 Å². The van der Waals surface area contributed by atoms with Crippen molar-refractivity contribution in [2.45, 2.75) is 27.2 Å². The minimum atomic E-state index is 0.576. The highest BCUT2D eigenvalue weighted by Crippen LogP contribution is 2.10. The van der Waals surface area contributed by atoms with Gasteiger partial charge in [0.05, 0.1) is 0 Å². The van der Waals surface area contributed by atoms with Crippen molar-refractivity contribution in [3.05, 3.63) is 11.8 Å². The van der Waals surface area contributed by atoms with E-state index in [1.807, 2.05) is 13.0 Å². The lowest BCUT2D eigenvalue weighted by Crippen LogP contribution is -2.13. The summed E-state index contributed by atoms with van der Waals surface area (Å²) in [5, 5.41) is 6.52. The molecule has 5 nitrogen and oxygen atoms in total. The number of methoxy groups -OCH3 is 1. The minimum Gasteiger partial charge on any atom is -0.385 e. The predicted molar refractivity (Wildman–Crippen MR) is 75.1 cm³/mol. The van der Waals surface area contributed by atoms with Gasteiger partial charge in [0.1, 0.15) is 5.82 Å². The summed E-state index contributed by atoms with van der Waals surface area (Å²) in [5.41, 5.74) is 0.963. The maximum absolute atomic E-state index is 5.01. The van der Waals surface area contributed by atoms with Crippen LogP contribution in [0.5, 0.6) is 0 Å². The van der Waals surface area contributed by atoms with Crippen LogP contribution in [0.15, 0.2) is 6.07 Å². The molecule has 0 aliphatic carbocycles. The highest BCUT2D eigenvalue weighted by molar-refractivity contribution is 5.42. The number of nitrogens with zero attached hydrogens (tertiary/aromatic N) is 2. The molecule has 1 heterocycles. The Morgan fingerprint density at radius 3 is 2.72 bits per heavy atom. The van der Waals surface area contributed by atoms with Crippen molar-refractivity contribution < 1.29 is 4.74 Å². The SMILES string of the molecule is COCCCNc1cc(C)nc(NCC(C)C)n1. The van der Waals surface area contributed by atoms with Crippen molar-refractivity contribution in [2.24, 2.45) is 5.92 Å². The zero-order chi connectivity index (χ0) is 13.4. The molecule has 5 heteroatoms. The molecule has 2 N–H and O–H groups in total. The Morgan fingerprint density at radius 1 is 1.28 bits per heavy atom. The zero-order valence-electron chi connectivity index (χ0n) is 11.8. The van der Waals surface area contributed by atoms with Gasteiger partial charge in [-0.3, -0.25) is 0 Å². The second kappa shape index (κ2) is 7.87. The van der Waals surface area contributed by atoms with Gasteiger partial charge in [-0.25, -0.2) is 4.98 Å². The molecule has 1 aromatic heterocycles. The van der Waals surface area contributed by atoms with E-state index in [4.69, 9.17) is 4.74 Å². The van der Waals surface area contributed by atoms with Crippen LogP contribution in [0.25, 0.3) is 0 Å². The van der Waals surface area contributed by atoms with Crippen molar-refractivity contribution in [2.75, 3.05) is 37.4 Å². The van der Waals surface area contributed by atoms with Crippen LogP contribution in [0.4, 0.5) is 11.8 Å². The smallest absolute Gasteiger partial charge is 0.224 e. The molecule has 0 aliphatic rings. The molecule has 0 unspecified atom stereocenters. The van der Waals surface area contributed by atoms with E-state index in [2.05, 4.69) is 34.4 Å². The molecule has 1 rings (SSSR count). The van der Waals surface area contributed by atoms with Gasteiger partial charge in [-0.15, -0.1) is 0 Å². The fourth-order valence-corrected chi connectivity index (χ4v) is 1.47. The first-order valence-electron chi connectivity index (χ1n) is 6.44. The second-order valence-electron chi connectivity index (χ2n) is 4.77. The third kappa shape index (κ3) is 5.82. The highest BCUT2D eigenvalue weighted by Gasteiger charge is 2.02. The topological polar surface area (TPSA) is 59.1 Å². The minimum absolute atomic E-state index is 0.576. The van der Waals surface area contributed by atoms with Crippen LogP contribution in [-0.2, 0) is 4.74 Å². The Balaban J connectivity index is 2.51. The Morgan fingerprint density at radius 2 is 2.06 bits per heavy atom. The van der Waals surface area contributed by atoms with E-state index >= 15 is 0 Å². The summed E-state index contributed by atoms with van der Waals surface area (Å²) in [7, 11) is 1.71. The van der Waals surface area contributed by atoms with Gasteiger partial charge in [0.15, 0.2) is 0 Å². The Bertz CT molecular complexity index is 355. The van der Waals surface area contributed by atoms with Crippen molar-refractivity contribution in [1.29, 1.82) is 0 Å². The summed E-state index contributed by atoms with van der Waals surface area (Å²) in [6, 6.07) is 1.95. The predicted octanol–water partition coefficient (Wildman–Crippen LogP) is 2.30. The molecule has 0 spiro atoms. The molecular formula is C13H24N4O.